The molecule has 0 aliphatic rings. The Balaban J connectivity index is 1.86. The molecule has 18 heavy (non-hydrogen) atoms. The molecule has 0 saturated carbocycles. The molecular weight excluding hydrogens is 224 g/mol. The molecule has 3 nitrogen and oxygen atoms in total. The van der Waals surface area contributed by atoms with E-state index in [2.05, 4.69) is 17.1 Å². The van der Waals surface area contributed by atoms with Gasteiger partial charge >= 0.3 is 0 Å². The van der Waals surface area contributed by atoms with Crippen molar-refractivity contribution in [2.75, 3.05) is 6.54 Å². The molecule has 0 aliphatic heterocycles. The summed E-state index contributed by atoms with van der Waals surface area (Å²) in [5.74, 6) is 0.892. The van der Waals surface area contributed by atoms with Crippen LogP contribution in [0.3, 0.4) is 0 Å². The van der Waals surface area contributed by atoms with E-state index < -0.39 is 0 Å². The molecule has 1 heterocycles. The minimum atomic E-state index is 0.574. The molecule has 2 N–H and O–H groups in total. The van der Waals surface area contributed by atoms with Crippen molar-refractivity contribution in [3.8, 4) is 5.75 Å². The Morgan fingerprint density at radius 3 is 2.33 bits per heavy atom. The fourth-order valence-electron chi connectivity index (χ4n) is 1.70. The molecule has 0 unspecified atom stereocenters. The number of nitrogens with two attached hydrogens (primary N) is 1. The van der Waals surface area contributed by atoms with Gasteiger partial charge in [0.1, 0.15) is 12.4 Å². The molecule has 3 heteroatoms. The van der Waals surface area contributed by atoms with Crippen LogP contribution in [-0.2, 0) is 13.0 Å². The van der Waals surface area contributed by atoms with Gasteiger partial charge in [-0.15, -0.1) is 0 Å². The summed E-state index contributed by atoms with van der Waals surface area (Å²) in [5.41, 5.74) is 7.91. The number of hydrogen-bond acceptors (Lipinski definition) is 3. The number of aromatic nitrogens is 1. The second kappa shape index (κ2) is 6.77. The third-order valence-electron chi connectivity index (χ3n) is 2.75. The predicted octanol–water partition coefficient (Wildman–Crippen LogP) is 2.55. The molecule has 0 fully saturated rings. The molecule has 2 rings (SSSR count). The van der Waals surface area contributed by atoms with E-state index in [0.717, 1.165) is 30.7 Å². The first-order valence-corrected chi connectivity index (χ1v) is 6.19. The number of hydrogen-bond donors (Lipinski definition) is 1. The zero-order valence-corrected chi connectivity index (χ0v) is 10.4. The van der Waals surface area contributed by atoms with Gasteiger partial charge < -0.3 is 10.5 Å². The number of nitrogens with zero attached hydrogens (tertiary/aromatic N) is 1. The Bertz CT molecular complexity index is 454. The summed E-state index contributed by atoms with van der Waals surface area (Å²) >= 11 is 0. The average Bonchev–Trinajstić information content (AvgIpc) is 2.45. The molecule has 1 aromatic heterocycles. The number of ether oxygens (including phenoxy) is 1. The first-order valence-electron chi connectivity index (χ1n) is 6.19. The van der Waals surface area contributed by atoms with Gasteiger partial charge in [0.25, 0.3) is 0 Å². The van der Waals surface area contributed by atoms with Gasteiger partial charge in [0.2, 0.25) is 0 Å². The summed E-state index contributed by atoms with van der Waals surface area (Å²) in [5, 5.41) is 0. The number of pyridine rings is 1. The van der Waals surface area contributed by atoms with Crippen molar-refractivity contribution in [1.29, 1.82) is 0 Å². The second-order valence-corrected chi connectivity index (χ2v) is 4.18. The second-order valence-electron chi connectivity index (χ2n) is 4.18. The first-order chi connectivity index (χ1) is 8.88. The Morgan fingerprint density at radius 2 is 1.67 bits per heavy atom. The molecule has 1 aromatic carbocycles. The molecule has 0 aliphatic carbocycles. The number of aryl methyl sites for hydroxylation is 1. The van der Waals surface area contributed by atoms with Crippen molar-refractivity contribution in [2.45, 2.75) is 19.4 Å². The molecule has 0 saturated heterocycles. The zero-order chi connectivity index (χ0) is 12.6. The van der Waals surface area contributed by atoms with E-state index in [1.54, 1.807) is 12.4 Å². The molecule has 0 bridgehead atoms. The van der Waals surface area contributed by atoms with E-state index >= 15 is 0 Å². The van der Waals surface area contributed by atoms with Crippen molar-refractivity contribution in [2.24, 2.45) is 5.73 Å². The number of rotatable bonds is 6. The van der Waals surface area contributed by atoms with Crippen molar-refractivity contribution in [1.82, 2.24) is 4.98 Å². The van der Waals surface area contributed by atoms with Gasteiger partial charge in [-0.25, -0.2) is 0 Å². The van der Waals surface area contributed by atoms with E-state index in [0.29, 0.717) is 6.61 Å². The summed E-state index contributed by atoms with van der Waals surface area (Å²) in [6.07, 6.45) is 5.60. The van der Waals surface area contributed by atoms with Crippen LogP contribution in [0.5, 0.6) is 5.75 Å². The lowest BCUT2D eigenvalue weighted by Gasteiger charge is -2.07. The van der Waals surface area contributed by atoms with E-state index in [1.165, 1.54) is 5.56 Å². The lowest BCUT2D eigenvalue weighted by atomic mass is 10.1. The van der Waals surface area contributed by atoms with Crippen molar-refractivity contribution in [3.05, 3.63) is 59.9 Å². The first kappa shape index (κ1) is 12.6. The maximum absolute atomic E-state index is 5.70. The van der Waals surface area contributed by atoms with Gasteiger partial charge in [-0.3, -0.25) is 4.98 Å². The van der Waals surface area contributed by atoms with Gasteiger partial charge in [-0.1, -0.05) is 12.1 Å². The Labute approximate surface area is 108 Å². The van der Waals surface area contributed by atoms with Crippen LogP contribution in [0.2, 0.25) is 0 Å². The van der Waals surface area contributed by atoms with E-state index in [9.17, 15) is 0 Å². The van der Waals surface area contributed by atoms with E-state index in [4.69, 9.17) is 10.5 Å². The van der Waals surface area contributed by atoms with Gasteiger partial charge in [-0.2, -0.15) is 0 Å². The van der Waals surface area contributed by atoms with Crippen LogP contribution in [0.25, 0.3) is 0 Å². The van der Waals surface area contributed by atoms with Crippen molar-refractivity contribution in [3.63, 3.8) is 0 Å². The van der Waals surface area contributed by atoms with Crippen molar-refractivity contribution >= 4 is 0 Å². The highest BCUT2D eigenvalue weighted by atomic mass is 16.5. The lowest BCUT2D eigenvalue weighted by molar-refractivity contribution is 0.306. The Kier molecular flexibility index (Phi) is 4.73. The van der Waals surface area contributed by atoms with Gasteiger partial charge in [0, 0.05) is 12.4 Å². The summed E-state index contributed by atoms with van der Waals surface area (Å²) < 4.78 is 5.70. The number of benzene rings is 1. The third kappa shape index (κ3) is 3.86. The lowest BCUT2D eigenvalue weighted by Crippen LogP contribution is -2.00. The quantitative estimate of drug-likeness (QED) is 0.846. The topological polar surface area (TPSA) is 48.1 Å². The molecule has 0 atom stereocenters. The highest BCUT2D eigenvalue weighted by Crippen LogP contribution is 2.14. The van der Waals surface area contributed by atoms with Crippen molar-refractivity contribution < 1.29 is 4.74 Å². The smallest absolute Gasteiger partial charge is 0.119 e. The fourth-order valence-corrected chi connectivity index (χ4v) is 1.70. The largest absolute Gasteiger partial charge is 0.489 e. The fraction of sp³-hybridized carbons (Fsp3) is 0.267. The van der Waals surface area contributed by atoms with Crippen LogP contribution >= 0.6 is 0 Å². The van der Waals surface area contributed by atoms with Gasteiger partial charge in [0.05, 0.1) is 0 Å². The maximum Gasteiger partial charge on any atom is 0.119 e. The molecule has 2 aromatic rings. The molecule has 0 amide bonds. The zero-order valence-electron chi connectivity index (χ0n) is 10.4. The molecule has 0 radical (unpaired) electrons. The monoisotopic (exact) mass is 242 g/mol. The minimum absolute atomic E-state index is 0.574. The molecular formula is C15H18N2O. The highest BCUT2D eigenvalue weighted by Gasteiger charge is 1.97. The highest BCUT2D eigenvalue weighted by molar-refractivity contribution is 5.27. The normalized spacial score (nSPS) is 10.3. The molecule has 94 valence electrons. The van der Waals surface area contributed by atoms with Crippen LogP contribution < -0.4 is 10.5 Å². The van der Waals surface area contributed by atoms with Crippen LogP contribution in [0, 0.1) is 0 Å². The van der Waals surface area contributed by atoms with Crippen LogP contribution in [0.15, 0.2) is 48.8 Å². The third-order valence-corrected chi connectivity index (χ3v) is 2.75. The summed E-state index contributed by atoms with van der Waals surface area (Å²) in [6, 6.07) is 12.1. The Morgan fingerprint density at radius 1 is 0.944 bits per heavy atom. The Hall–Kier alpha value is -1.87. The standard InChI is InChI=1S/C15H18N2O/c16-9-1-2-13-3-5-15(6-4-13)18-12-14-7-10-17-11-8-14/h3-8,10-11H,1-2,9,12,16H2. The average molecular weight is 242 g/mol. The maximum atomic E-state index is 5.70. The van der Waals surface area contributed by atoms with Crippen LogP contribution in [-0.4, -0.2) is 11.5 Å². The minimum Gasteiger partial charge on any atom is -0.489 e. The molecule has 0 spiro atoms. The summed E-state index contributed by atoms with van der Waals surface area (Å²) in [6.45, 7) is 1.31. The summed E-state index contributed by atoms with van der Waals surface area (Å²) in [4.78, 5) is 3.97. The summed E-state index contributed by atoms with van der Waals surface area (Å²) in [7, 11) is 0. The van der Waals surface area contributed by atoms with Crippen LogP contribution in [0.1, 0.15) is 17.5 Å². The van der Waals surface area contributed by atoms with Gasteiger partial charge in [-0.05, 0) is 54.8 Å². The SMILES string of the molecule is NCCCc1ccc(OCc2ccncc2)cc1. The van der Waals surface area contributed by atoms with Crippen LogP contribution in [0.4, 0.5) is 0 Å². The van der Waals surface area contributed by atoms with E-state index in [1.807, 2.05) is 24.3 Å². The van der Waals surface area contributed by atoms with Gasteiger partial charge in [0.15, 0.2) is 0 Å². The van der Waals surface area contributed by atoms with E-state index in [-0.39, 0.29) is 0 Å². The predicted molar refractivity (Wildman–Crippen MR) is 72.4 cm³/mol.